The first kappa shape index (κ1) is 23.9. The van der Waals surface area contributed by atoms with Crippen LogP contribution in [0.25, 0.3) is 0 Å². The van der Waals surface area contributed by atoms with Gasteiger partial charge in [-0.15, -0.1) is 0 Å². The van der Waals surface area contributed by atoms with Crippen molar-refractivity contribution < 1.29 is 23.5 Å². The van der Waals surface area contributed by atoms with E-state index < -0.39 is 17.4 Å². The molecule has 1 saturated carbocycles. The minimum Gasteiger partial charge on any atom is -0.461 e. The molecule has 1 fully saturated rings. The summed E-state index contributed by atoms with van der Waals surface area (Å²) in [4.78, 5) is 41.0. The zero-order valence-electron chi connectivity index (χ0n) is 19.7. The maximum atomic E-state index is 13.7. The predicted molar refractivity (Wildman–Crippen MR) is 122 cm³/mol. The molecule has 1 aliphatic carbocycles. The van der Waals surface area contributed by atoms with Crippen molar-refractivity contribution in [2.24, 2.45) is 0 Å². The van der Waals surface area contributed by atoms with E-state index in [-0.39, 0.29) is 48.9 Å². The highest BCUT2D eigenvalue weighted by atomic mass is 19.1. The fourth-order valence-corrected chi connectivity index (χ4v) is 4.73. The molecule has 9 heteroatoms. The molecule has 2 aliphatic rings. The average Bonchev–Trinajstić information content (AvgIpc) is 3.07. The lowest BCUT2D eigenvalue weighted by atomic mass is 9.93. The zero-order valence-corrected chi connectivity index (χ0v) is 19.7. The number of hydrogen-bond acceptors (Lipinski definition) is 5. The number of rotatable bonds is 6. The molecule has 8 nitrogen and oxygen atoms in total. The van der Waals surface area contributed by atoms with Gasteiger partial charge in [-0.25, -0.2) is 9.18 Å². The maximum Gasteiger partial charge on any atom is 0.358 e. The topological polar surface area (TPSA) is 93.5 Å². The molecule has 1 aromatic carbocycles. The number of hydrogen-bond donors (Lipinski definition) is 1. The molecular weight excluding hydrogens is 439 g/mol. The lowest BCUT2D eigenvalue weighted by Gasteiger charge is -2.43. The van der Waals surface area contributed by atoms with Gasteiger partial charge in [-0.2, -0.15) is 5.10 Å². The van der Waals surface area contributed by atoms with Crippen molar-refractivity contribution in [3.05, 3.63) is 53.1 Å². The maximum absolute atomic E-state index is 13.7. The highest BCUT2D eigenvalue weighted by Gasteiger charge is 2.48. The van der Waals surface area contributed by atoms with E-state index in [9.17, 15) is 18.8 Å². The van der Waals surface area contributed by atoms with Crippen LogP contribution in [0.3, 0.4) is 0 Å². The largest absolute Gasteiger partial charge is 0.461 e. The molecule has 1 atom stereocenters. The summed E-state index contributed by atoms with van der Waals surface area (Å²) in [7, 11) is 0. The van der Waals surface area contributed by atoms with Gasteiger partial charge in [0.05, 0.1) is 13.2 Å². The second-order valence-electron chi connectivity index (χ2n) is 9.25. The van der Waals surface area contributed by atoms with Gasteiger partial charge < -0.3 is 15.0 Å². The van der Waals surface area contributed by atoms with Crippen molar-refractivity contribution in [2.45, 2.75) is 77.0 Å². The van der Waals surface area contributed by atoms with Gasteiger partial charge in [0.15, 0.2) is 5.69 Å². The number of nitrogens with zero attached hydrogens (tertiary/aromatic N) is 3. The number of carbonyl (C=O) groups excluding carboxylic acids is 3. The van der Waals surface area contributed by atoms with E-state index >= 15 is 0 Å². The van der Waals surface area contributed by atoms with Gasteiger partial charge in [-0.05, 0) is 44.4 Å². The zero-order chi connectivity index (χ0) is 24.3. The number of fused-ring (bicyclic) bond motifs is 1. The second kappa shape index (κ2) is 9.95. The second-order valence-corrected chi connectivity index (χ2v) is 9.25. The molecule has 34 heavy (non-hydrogen) atoms. The molecule has 4 rings (SSSR count). The normalized spacial score (nSPS) is 21.0. The molecule has 0 spiro atoms. The van der Waals surface area contributed by atoms with Crippen molar-refractivity contribution in [2.75, 3.05) is 6.61 Å². The standard InChI is InChI=1S/C25H31FN4O4/c1-3-34-23(32)20-14-21-22(31)29(15-17-10-12-18(26)13-11-17)25(2,16-30(21)28-20)24(33)27-19-8-6-4-5-7-9-19/h10-14,19H,3-9,15-16H2,1-2H3,(H,27,33)/t25-/m1/s1. The van der Waals surface area contributed by atoms with Crippen LogP contribution >= 0.6 is 0 Å². The summed E-state index contributed by atoms with van der Waals surface area (Å²) in [5.74, 6) is -1.67. The van der Waals surface area contributed by atoms with E-state index in [0.29, 0.717) is 5.56 Å². The third-order valence-corrected chi connectivity index (χ3v) is 6.72. The monoisotopic (exact) mass is 470 g/mol. The first-order valence-corrected chi connectivity index (χ1v) is 11.9. The van der Waals surface area contributed by atoms with Gasteiger partial charge in [0.25, 0.3) is 5.91 Å². The van der Waals surface area contributed by atoms with Crippen molar-refractivity contribution in [1.29, 1.82) is 0 Å². The van der Waals surface area contributed by atoms with Crippen molar-refractivity contribution in [1.82, 2.24) is 20.0 Å². The molecule has 1 aliphatic heterocycles. The Bertz CT molecular complexity index is 1060. The number of amides is 2. The van der Waals surface area contributed by atoms with Crippen LogP contribution in [0.15, 0.2) is 30.3 Å². The molecule has 0 radical (unpaired) electrons. The van der Waals surface area contributed by atoms with Crippen LogP contribution in [0, 0.1) is 5.82 Å². The smallest absolute Gasteiger partial charge is 0.358 e. The van der Waals surface area contributed by atoms with Crippen molar-refractivity contribution >= 4 is 17.8 Å². The van der Waals surface area contributed by atoms with E-state index in [4.69, 9.17) is 4.74 Å². The molecule has 1 N–H and O–H groups in total. The van der Waals surface area contributed by atoms with E-state index in [2.05, 4.69) is 10.4 Å². The number of ether oxygens (including phenoxy) is 1. The number of carbonyl (C=O) groups is 3. The minimum absolute atomic E-state index is 0.0281. The molecule has 2 amide bonds. The lowest BCUT2D eigenvalue weighted by Crippen LogP contribution is -2.64. The molecule has 0 bridgehead atoms. The summed E-state index contributed by atoms with van der Waals surface area (Å²) in [5.41, 5.74) is -0.310. The van der Waals surface area contributed by atoms with Gasteiger partial charge in [0.2, 0.25) is 5.91 Å². The third kappa shape index (κ3) is 4.83. The van der Waals surface area contributed by atoms with Crippen molar-refractivity contribution in [3.63, 3.8) is 0 Å². The van der Waals surface area contributed by atoms with Gasteiger partial charge >= 0.3 is 5.97 Å². The van der Waals surface area contributed by atoms with E-state index in [1.165, 1.54) is 27.8 Å². The van der Waals surface area contributed by atoms with Crippen LogP contribution in [-0.4, -0.2) is 50.7 Å². The van der Waals surface area contributed by atoms with Gasteiger partial charge in [-0.3, -0.25) is 14.3 Å². The van der Waals surface area contributed by atoms with Gasteiger partial charge in [0, 0.05) is 18.7 Å². The van der Waals surface area contributed by atoms with E-state index in [1.807, 2.05) is 0 Å². The summed E-state index contributed by atoms with van der Waals surface area (Å²) in [6, 6.07) is 7.32. The van der Waals surface area contributed by atoms with Crippen LogP contribution in [0.1, 0.15) is 78.9 Å². The Hall–Kier alpha value is -3.23. The third-order valence-electron chi connectivity index (χ3n) is 6.72. The molecule has 182 valence electrons. The summed E-state index contributed by atoms with van der Waals surface area (Å²) < 4.78 is 19.9. The average molecular weight is 471 g/mol. The Kier molecular flexibility index (Phi) is 7.00. The number of aromatic nitrogens is 2. The molecule has 0 saturated heterocycles. The molecule has 0 unspecified atom stereocenters. The van der Waals surface area contributed by atoms with Gasteiger partial charge in [0.1, 0.15) is 17.1 Å². The van der Waals surface area contributed by atoms with E-state index in [1.54, 1.807) is 26.0 Å². The Morgan fingerprint density at radius 1 is 1.18 bits per heavy atom. The van der Waals surface area contributed by atoms with Gasteiger partial charge in [-0.1, -0.05) is 37.8 Å². The summed E-state index contributed by atoms with van der Waals surface area (Å²) in [6.07, 6.45) is 6.26. The minimum atomic E-state index is -1.25. The number of esters is 1. The SMILES string of the molecule is CCOC(=O)c1cc2n(n1)C[C@](C)(C(=O)NC1CCCCCC1)N(Cc1ccc(F)cc1)C2=O. The number of benzene rings is 1. The number of halogens is 1. The first-order chi connectivity index (χ1) is 16.3. The Morgan fingerprint density at radius 2 is 1.85 bits per heavy atom. The molecular formula is C25H31FN4O4. The Labute approximate surface area is 198 Å². The first-order valence-electron chi connectivity index (χ1n) is 11.9. The van der Waals surface area contributed by atoms with Crippen LogP contribution in [0.2, 0.25) is 0 Å². The predicted octanol–water partition coefficient (Wildman–Crippen LogP) is 3.45. The summed E-state index contributed by atoms with van der Waals surface area (Å²) in [6.45, 7) is 3.81. The summed E-state index contributed by atoms with van der Waals surface area (Å²) in [5, 5.41) is 7.45. The van der Waals surface area contributed by atoms with Crippen LogP contribution in [0.4, 0.5) is 4.39 Å². The molecule has 1 aromatic heterocycles. The fraction of sp³-hybridized carbons (Fsp3) is 0.520. The number of nitrogens with one attached hydrogen (secondary N) is 1. The Morgan fingerprint density at radius 3 is 2.50 bits per heavy atom. The van der Waals surface area contributed by atoms with Crippen LogP contribution in [-0.2, 0) is 22.6 Å². The van der Waals surface area contributed by atoms with E-state index in [0.717, 1.165) is 38.5 Å². The van der Waals surface area contributed by atoms with Crippen LogP contribution in [0.5, 0.6) is 0 Å². The molecule has 2 aromatic rings. The summed E-state index contributed by atoms with van der Waals surface area (Å²) >= 11 is 0. The lowest BCUT2D eigenvalue weighted by molar-refractivity contribution is -0.134. The fourth-order valence-electron chi connectivity index (χ4n) is 4.73. The quantitative estimate of drug-likeness (QED) is 0.516. The highest BCUT2D eigenvalue weighted by Crippen LogP contribution is 2.30. The van der Waals surface area contributed by atoms with Crippen molar-refractivity contribution in [3.8, 4) is 0 Å². The Balaban J connectivity index is 1.67. The van der Waals surface area contributed by atoms with Crippen LogP contribution < -0.4 is 5.32 Å². The highest BCUT2D eigenvalue weighted by molar-refractivity contribution is 6.01. The molecule has 2 heterocycles.